The zero-order valence-corrected chi connectivity index (χ0v) is 19.5. The summed E-state index contributed by atoms with van der Waals surface area (Å²) in [5, 5.41) is 0. The van der Waals surface area contributed by atoms with E-state index in [1.54, 1.807) is 0 Å². The van der Waals surface area contributed by atoms with E-state index >= 15 is 0 Å². The van der Waals surface area contributed by atoms with Crippen molar-refractivity contribution in [3.63, 3.8) is 0 Å². The van der Waals surface area contributed by atoms with Crippen molar-refractivity contribution >= 4 is 17.4 Å². The van der Waals surface area contributed by atoms with Crippen molar-refractivity contribution < 1.29 is 14.4 Å². The van der Waals surface area contributed by atoms with Crippen LogP contribution in [0.2, 0.25) is 0 Å². The van der Waals surface area contributed by atoms with Crippen molar-refractivity contribution in [2.24, 2.45) is 0 Å². The molecule has 0 aromatic carbocycles. The molecule has 26 heavy (non-hydrogen) atoms. The van der Waals surface area contributed by atoms with Gasteiger partial charge in [0.2, 0.25) is 0 Å². The van der Waals surface area contributed by atoms with Crippen LogP contribution in [0.4, 0.5) is 0 Å². The molecular weight excluding hydrogens is 363 g/mol. The van der Waals surface area contributed by atoms with Gasteiger partial charge in [0.25, 0.3) is 0 Å². The van der Waals surface area contributed by atoms with Crippen LogP contribution in [0.1, 0.15) is 106 Å². The number of rotatable bonds is 19. The molecule has 0 aliphatic rings. The summed E-state index contributed by atoms with van der Waals surface area (Å²) in [5.41, 5.74) is 0. The van der Waals surface area contributed by atoms with E-state index < -0.39 is 17.4 Å². The second-order valence-electron chi connectivity index (χ2n) is 8.03. The van der Waals surface area contributed by atoms with Crippen LogP contribution in [-0.4, -0.2) is 43.4 Å². The number of hydrogen-bond donors (Lipinski definition) is 0. The summed E-state index contributed by atoms with van der Waals surface area (Å²) in [7, 11) is -5.17. The molecule has 158 valence electrons. The molecule has 0 aliphatic carbocycles. The lowest BCUT2D eigenvalue weighted by Crippen LogP contribution is -2.16. The fourth-order valence-corrected chi connectivity index (χ4v) is 9.44. The average Bonchev–Trinajstić information content (AvgIpc) is 2.58. The molecule has 0 spiro atoms. The first-order valence-electron chi connectivity index (χ1n) is 11.2. The Kier molecular flexibility index (Phi) is 16.5. The molecule has 0 aliphatic heterocycles. The third-order valence-corrected chi connectivity index (χ3v) is 11.3. The second kappa shape index (κ2) is 16.3. The molecular formula is C21H46O3PS+. The third kappa shape index (κ3) is 15.4. The Bertz CT molecular complexity index is 384. The third-order valence-electron chi connectivity index (χ3n) is 5.48. The Hall–Kier alpha value is 0.340. The van der Waals surface area contributed by atoms with E-state index in [-0.39, 0.29) is 7.18 Å². The van der Waals surface area contributed by atoms with Crippen LogP contribution in [0, 0.1) is 0 Å². The van der Waals surface area contributed by atoms with E-state index in [0.29, 0.717) is 6.42 Å². The topological polar surface area (TPSA) is 57.2 Å². The highest BCUT2D eigenvalue weighted by atomic mass is 32.2. The number of hydrogen-bond acceptors (Lipinski definition) is 3. The first kappa shape index (κ1) is 26.3. The Morgan fingerprint density at radius 1 is 0.615 bits per heavy atom. The van der Waals surface area contributed by atoms with Crippen molar-refractivity contribution in [2.75, 3.05) is 30.4 Å². The normalized spacial score (nSPS) is 12.6. The summed E-state index contributed by atoms with van der Waals surface area (Å²) in [6.45, 7) is 6.74. The molecule has 0 fully saturated rings. The maximum absolute atomic E-state index is 11.1. The molecule has 0 saturated heterocycles. The van der Waals surface area contributed by atoms with Gasteiger partial charge >= 0.3 is 1.43 Å². The monoisotopic (exact) mass is 409 g/mol. The van der Waals surface area contributed by atoms with Crippen LogP contribution in [-0.2, 0) is 10.1 Å². The van der Waals surface area contributed by atoms with Gasteiger partial charge < -0.3 is 4.55 Å². The molecule has 5 heteroatoms. The highest BCUT2D eigenvalue weighted by molar-refractivity contribution is 7.85. The molecule has 0 bridgehead atoms. The molecule has 3 nitrogen and oxygen atoms in total. The SMILES string of the molecule is CCCCCC[P+](CCCCCC)(CCCCCC)CCCS(=O)(=O)[O-].[H+]. The molecule has 0 heterocycles. The predicted molar refractivity (Wildman–Crippen MR) is 119 cm³/mol. The van der Waals surface area contributed by atoms with Gasteiger partial charge in [0, 0.05) is 13.0 Å². The zero-order chi connectivity index (χ0) is 19.7. The summed E-state index contributed by atoms with van der Waals surface area (Å²) in [6.07, 6.45) is 21.1. The first-order chi connectivity index (χ1) is 12.4. The summed E-state index contributed by atoms with van der Waals surface area (Å²) in [6, 6.07) is 0. The van der Waals surface area contributed by atoms with E-state index in [9.17, 15) is 13.0 Å². The zero-order valence-electron chi connectivity index (χ0n) is 18.8. The van der Waals surface area contributed by atoms with Gasteiger partial charge in [0.05, 0.1) is 34.8 Å². The lowest BCUT2D eigenvalue weighted by Gasteiger charge is -2.28. The van der Waals surface area contributed by atoms with Crippen molar-refractivity contribution in [1.29, 1.82) is 0 Å². The minimum absolute atomic E-state index is 0. The van der Waals surface area contributed by atoms with Gasteiger partial charge in [-0.3, -0.25) is 0 Å². The minimum Gasteiger partial charge on any atom is -0.748 e. The summed E-state index contributed by atoms with van der Waals surface area (Å²) >= 11 is 0. The highest BCUT2D eigenvalue weighted by Crippen LogP contribution is 2.61. The molecule has 0 aromatic heterocycles. The van der Waals surface area contributed by atoms with Crippen LogP contribution in [0.25, 0.3) is 0 Å². The van der Waals surface area contributed by atoms with Crippen molar-refractivity contribution in [1.82, 2.24) is 0 Å². The molecule has 0 radical (unpaired) electrons. The largest absolute Gasteiger partial charge is 1.00 e. The van der Waals surface area contributed by atoms with Crippen LogP contribution < -0.4 is 0 Å². The fourth-order valence-electron chi connectivity index (χ4n) is 3.87. The molecule has 0 rings (SSSR count). The van der Waals surface area contributed by atoms with Crippen molar-refractivity contribution in [2.45, 2.75) is 104 Å². The maximum atomic E-state index is 11.1. The van der Waals surface area contributed by atoms with Crippen LogP contribution >= 0.6 is 7.26 Å². The van der Waals surface area contributed by atoms with Crippen molar-refractivity contribution in [3.05, 3.63) is 0 Å². The Morgan fingerprint density at radius 2 is 0.962 bits per heavy atom. The highest BCUT2D eigenvalue weighted by Gasteiger charge is 2.35. The summed E-state index contributed by atoms with van der Waals surface area (Å²) < 4.78 is 33.2. The van der Waals surface area contributed by atoms with E-state index in [0.717, 1.165) is 6.16 Å². The first-order valence-corrected chi connectivity index (χ1v) is 15.3. The Morgan fingerprint density at radius 3 is 1.27 bits per heavy atom. The molecule has 0 unspecified atom stereocenters. The van der Waals surface area contributed by atoms with E-state index in [1.807, 2.05) is 0 Å². The molecule has 0 amide bonds. The smallest absolute Gasteiger partial charge is 0.748 e. The van der Waals surface area contributed by atoms with Gasteiger partial charge in [0.15, 0.2) is 0 Å². The molecule has 0 atom stereocenters. The van der Waals surface area contributed by atoms with Gasteiger partial charge in [0.1, 0.15) is 0 Å². The molecule has 0 aromatic rings. The van der Waals surface area contributed by atoms with Gasteiger partial charge in [-0.1, -0.05) is 59.3 Å². The van der Waals surface area contributed by atoms with E-state index in [4.69, 9.17) is 0 Å². The molecule has 0 N–H and O–H groups in total. The summed E-state index contributed by atoms with van der Waals surface area (Å²) in [5.74, 6) is -0.159. The van der Waals surface area contributed by atoms with Crippen LogP contribution in [0.15, 0.2) is 0 Å². The standard InChI is InChI=1S/C21H45O3PS/c1-4-7-10-13-17-25(18-14-11-8-5-2,19-15-12-9-6-3)20-16-21-26(22,23)24/h4-21H2,1-3H3/p+1. The van der Waals surface area contributed by atoms with Gasteiger partial charge in [-0.15, -0.1) is 0 Å². The van der Waals surface area contributed by atoms with Gasteiger partial charge in [-0.2, -0.15) is 0 Å². The van der Waals surface area contributed by atoms with Gasteiger partial charge in [-0.25, -0.2) is 8.42 Å². The fraction of sp³-hybridized carbons (Fsp3) is 1.00. The predicted octanol–water partition coefficient (Wildman–Crippen LogP) is 6.79. The second-order valence-corrected chi connectivity index (χ2v) is 14.0. The molecule has 0 saturated carbocycles. The minimum atomic E-state index is -4.07. The number of unbranched alkanes of at least 4 members (excludes halogenated alkanes) is 9. The van der Waals surface area contributed by atoms with Crippen LogP contribution in [0.3, 0.4) is 0 Å². The maximum Gasteiger partial charge on any atom is 1.00 e. The van der Waals surface area contributed by atoms with E-state index in [1.165, 1.54) is 95.5 Å². The van der Waals surface area contributed by atoms with Gasteiger partial charge in [-0.05, 0) is 44.9 Å². The lowest BCUT2D eigenvalue weighted by atomic mass is 10.2. The Balaban J connectivity index is 0. The Labute approximate surface area is 166 Å². The summed E-state index contributed by atoms with van der Waals surface area (Å²) in [4.78, 5) is 0. The van der Waals surface area contributed by atoms with Crippen molar-refractivity contribution in [3.8, 4) is 0 Å². The quantitative estimate of drug-likeness (QED) is 0.134. The van der Waals surface area contributed by atoms with E-state index in [2.05, 4.69) is 20.8 Å². The average molecular weight is 410 g/mol. The lowest BCUT2D eigenvalue weighted by molar-refractivity contribution is 0.462. The van der Waals surface area contributed by atoms with Crippen LogP contribution in [0.5, 0.6) is 0 Å².